The molecular weight excluding hydrogens is 314 g/mol. The van der Waals surface area contributed by atoms with Gasteiger partial charge in [0.25, 0.3) is 0 Å². The number of benzene rings is 1. The van der Waals surface area contributed by atoms with Crippen molar-refractivity contribution in [1.82, 2.24) is 5.32 Å². The topological polar surface area (TPSA) is 25.2 Å². The van der Waals surface area contributed by atoms with Crippen LogP contribution >= 0.6 is 15.9 Å². The molecule has 0 bridgehead atoms. The van der Waals surface area contributed by atoms with Gasteiger partial charge in [0.15, 0.2) is 0 Å². The van der Waals surface area contributed by atoms with Crippen molar-refractivity contribution in [3.63, 3.8) is 0 Å². The lowest BCUT2D eigenvalue weighted by Crippen LogP contribution is -2.32. The van der Waals surface area contributed by atoms with E-state index < -0.39 is 0 Å². The summed E-state index contributed by atoms with van der Waals surface area (Å²) in [7, 11) is 0. The average molecular weight is 336 g/mol. The summed E-state index contributed by atoms with van der Waals surface area (Å²) in [4.78, 5) is 0. The van der Waals surface area contributed by atoms with Crippen molar-refractivity contribution in [2.24, 2.45) is 0 Å². The number of rotatable bonds is 8. The van der Waals surface area contributed by atoms with Crippen molar-refractivity contribution in [3.05, 3.63) is 58.5 Å². The van der Waals surface area contributed by atoms with Crippen LogP contribution in [0, 0.1) is 0 Å². The molecule has 0 amide bonds. The van der Waals surface area contributed by atoms with Gasteiger partial charge < -0.3 is 9.73 Å². The van der Waals surface area contributed by atoms with Crippen molar-refractivity contribution in [3.8, 4) is 0 Å². The summed E-state index contributed by atoms with van der Waals surface area (Å²) in [5, 5.41) is 3.64. The third kappa shape index (κ3) is 5.14. The molecule has 0 saturated carbocycles. The Morgan fingerprint density at radius 2 is 2.00 bits per heavy atom. The molecular formula is C17H22BrNO. The lowest BCUT2D eigenvalue weighted by Gasteiger charge is -2.18. The summed E-state index contributed by atoms with van der Waals surface area (Å²) in [5.74, 6) is 1.07. The second-order valence-electron chi connectivity index (χ2n) is 5.10. The summed E-state index contributed by atoms with van der Waals surface area (Å²) in [6.45, 7) is 3.27. The minimum atomic E-state index is 0.501. The van der Waals surface area contributed by atoms with E-state index in [1.807, 2.05) is 6.07 Å². The number of halogens is 1. The third-order valence-corrected chi connectivity index (χ3v) is 3.93. The van der Waals surface area contributed by atoms with Gasteiger partial charge in [0, 0.05) is 16.9 Å². The van der Waals surface area contributed by atoms with Crippen LogP contribution in [-0.2, 0) is 12.8 Å². The fourth-order valence-corrected chi connectivity index (χ4v) is 2.57. The zero-order chi connectivity index (χ0) is 14.2. The lowest BCUT2D eigenvalue weighted by molar-refractivity contribution is 0.441. The quantitative estimate of drug-likeness (QED) is 0.763. The minimum Gasteiger partial charge on any atom is -0.469 e. The van der Waals surface area contributed by atoms with Gasteiger partial charge in [-0.25, -0.2) is 0 Å². The molecule has 1 aromatic carbocycles. The fourth-order valence-electron chi connectivity index (χ4n) is 2.30. The van der Waals surface area contributed by atoms with Gasteiger partial charge in [0.1, 0.15) is 5.76 Å². The van der Waals surface area contributed by atoms with E-state index >= 15 is 0 Å². The third-order valence-electron chi connectivity index (χ3n) is 3.40. The summed E-state index contributed by atoms with van der Waals surface area (Å²) < 4.78 is 6.55. The van der Waals surface area contributed by atoms with Crippen molar-refractivity contribution >= 4 is 15.9 Å². The molecule has 0 radical (unpaired) electrons. The van der Waals surface area contributed by atoms with Crippen molar-refractivity contribution in [2.45, 2.75) is 38.6 Å². The molecule has 1 heterocycles. The van der Waals surface area contributed by atoms with Crippen LogP contribution in [0.5, 0.6) is 0 Å². The van der Waals surface area contributed by atoms with Crippen LogP contribution in [0.2, 0.25) is 0 Å². The fraction of sp³-hybridized carbons (Fsp3) is 0.412. The smallest absolute Gasteiger partial charge is 0.103 e. The highest BCUT2D eigenvalue weighted by atomic mass is 79.9. The lowest BCUT2D eigenvalue weighted by atomic mass is 10.0. The zero-order valence-electron chi connectivity index (χ0n) is 11.9. The molecule has 108 valence electrons. The number of aryl methyl sites for hydroxylation is 1. The second kappa shape index (κ2) is 8.28. The maximum absolute atomic E-state index is 5.42. The predicted octanol–water partition coefficient (Wildman–Crippen LogP) is 4.59. The Labute approximate surface area is 129 Å². The van der Waals surface area contributed by atoms with Gasteiger partial charge in [-0.05, 0) is 55.6 Å². The van der Waals surface area contributed by atoms with Gasteiger partial charge in [-0.15, -0.1) is 0 Å². The summed E-state index contributed by atoms with van der Waals surface area (Å²) in [6, 6.07) is 13.1. The molecule has 0 fully saturated rings. The normalized spacial score (nSPS) is 12.5. The van der Waals surface area contributed by atoms with E-state index in [4.69, 9.17) is 4.42 Å². The van der Waals surface area contributed by atoms with Gasteiger partial charge in [0.05, 0.1) is 6.26 Å². The Morgan fingerprint density at radius 3 is 2.65 bits per heavy atom. The summed E-state index contributed by atoms with van der Waals surface area (Å²) in [6.07, 6.45) is 6.07. The maximum Gasteiger partial charge on any atom is 0.103 e. The molecule has 0 aliphatic rings. The second-order valence-corrected chi connectivity index (χ2v) is 6.02. The molecule has 1 atom stereocenters. The first-order valence-corrected chi connectivity index (χ1v) is 8.07. The highest BCUT2D eigenvalue weighted by molar-refractivity contribution is 9.10. The molecule has 3 heteroatoms. The van der Waals surface area contributed by atoms with E-state index in [-0.39, 0.29) is 0 Å². The van der Waals surface area contributed by atoms with Gasteiger partial charge in [-0.3, -0.25) is 0 Å². The first kappa shape index (κ1) is 15.3. The standard InChI is InChI=1S/C17H22BrNO/c1-2-11-19-16(9-10-17-4-3-12-20-17)13-14-5-7-15(18)8-6-14/h3-8,12,16,19H,2,9-11,13H2,1H3. The van der Waals surface area contributed by atoms with Crippen molar-refractivity contribution < 1.29 is 4.42 Å². The first-order chi connectivity index (χ1) is 9.78. The Bertz CT molecular complexity index is 478. The van der Waals surface area contributed by atoms with Gasteiger partial charge in [-0.2, -0.15) is 0 Å². The average Bonchev–Trinajstić information content (AvgIpc) is 2.97. The largest absolute Gasteiger partial charge is 0.469 e. The SMILES string of the molecule is CCCNC(CCc1ccco1)Cc1ccc(Br)cc1. The van der Waals surface area contributed by atoms with E-state index in [0.29, 0.717) is 6.04 Å². The van der Waals surface area contributed by atoms with Gasteiger partial charge >= 0.3 is 0 Å². The maximum atomic E-state index is 5.42. The van der Waals surface area contributed by atoms with Gasteiger partial charge in [-0.1, -0.05) is 35.0 Å². The molecule has 0 saturated heterocycles. The molecule has 1 N–H and O–H groups in total. The molecule has 0 aliphatic heterocycles. The van der Waals surface area contributed by atoms with Crippen LogP contribution in [0.4, 0.5) is 0 Å². The minimum absolute atomic E-state index is 0.501. The van der Waals surface area contributed by atoms with Crippen LogP contribution < -0.4 is 5.32 Å². The zero-order valence-corrected chi connectivity index (χ0v) is 13.5. The molecule has 2 rings (SSSR count). The Kier molecular flexibility index (Phi) is 6.34. The summed E-state index contributed by atoms with van der Waals surface area (Å²) in [5.41, 5.74) is 1.38. The van der Waals surface area contributed by atoms with E-state index in [0.717, 1.165) is 42.5 Å². The van der Waals surface area contributed by atoms with Crippen LogP contribution in [0.15, 0.2) is 51.6 Å². The van der Waals surface area contributed by atoms with E-state index in [9.17, 15) is 0 Å². The molecule has 0 spiro atoms. The van der Waals surface area contributed by atoms with Crippen molar-refractivity contribution in [1.29, 1.82) is 0 Å². The molecule has 0 aliphatic carbocycles. The number of nitrogens with one attached hydrogen (secondary N) is 1. The van der Waals surface area contributed by atoms with Crippen LogP contribution in [0.1, 0.15) is 31.1 Å². The molecule has 1 unspecified atom stereocenters. The molecule has 2 nitrogen and oxygen atoms in total. The number of hydrogen-bond acceptors (Lipinski definition) is 2. The molecule has 2 aromatic rings. The Morgan fingerprint density at radius 1 is 1.20 bits per heavy atom. The van der Waals surface area contributed by atoms with Crippen LogP contribution in [0.3, 0.4) is 0 Å². The number of furan rings is 1. The van der Waals surface area contributed by atoms with E-state index in [1.165, 1.54) is 5.56 Å². The monoisotopic (exact) mass is 335 g/mol. The van der Waals surface area contributed by atoms with Gasteiger partial charge in [0.2, 0.25) is 0 Å². The highest BCUT2D eigenvalue weighted by Gasteiger charge is 2.10. The van der Waals surface area contributed by atoms with Crippen molar-refractivity contribution in [2.75, 3.05) is 6.54 Å². The Hall–Kier alpha value is -1.06. The number of hydrogen-bond donors (Lipinski definition) is 1. The van der Waals surface area contributed by atoms with Crippen LogP contribution in [-0.4, -0.2) is 12.6 Å². The first-order valence-electron chi connectivity index (χ1n) is 7.28. The van der Waals surface area contributed by atoms with E-state index in [2.05, 4.69) is 58.5 Å². The Balaban J connectivity index is 1.90. The van der Waals surface area contributed by atoms with Crippen LogP contribution in [0.25, 0.3) is 0 Å². The highest BCUT2D eigenvalue weighted by Crippen LogP contribution is 2.14. The molecule has 1 aromatic heterocycles. The molecule has 20 heavy (non-hydrogen) atoms. The predicted molar refractivity (Wildman–Crippen MR) is 87.0 cm³/mol. The van der Waals surface area contributed by atoms with E-state index in [1.54, 1.807) is 6.26 Å². The summed E-state index contributed by atoms with van der Waals surface area (Å²) >= 11 is 3.48.